The molecular weight excluding hydrogens is 260 g/mol. The first-order chi connectivity index (χ1) is 9.63. The Morgan fingerprint density at radius 1 is 1.35 bits per heavy atom. The summed E-state index contributed by atoms with van der Waals surface area (Å²) in [4.78, 5) is 11.3. The molecule has 5 heteroatoms. The molecule has 0 amide bonds. The average Bonchev–Trinajstić information content (AvgIpc) is 2.86. The third kappa shape index (κ3) is 3.22. The van der Waals surface area contributed by atoms with E-state index in [1.54, 1.807) is 18.2 Å². The van der Waals surface area contributed by atoms with E-state index in [-0.39, 0.29) is 6.79 Å². The summed E-state index contributed by atoms with van der Waals surface area (Å²) in [7, 11) is 0. The monoisotopic (exact) mass is 279 g/mol. The van der Waals surface area contributed by atoms with Crippen LogP contribution in [0.2, 0.25) is 0 Å². The summed E-state index contributed by atoms with van der Waals surface area (Å²) in [5, 5.41) is 21.4. The minimum atomic E-state index is -1.27. The normalized spacial score (nSPS) is 15.9. The zero-order valence-electron chi connectivity index (χ0n) is 11.5. The molecule has 0 fully saturated rings. The van der Waals surface area contributed by atoms with Crippen LogP contribution in [0.5, 0.6) is 11.5 Å². The lowest BCUT2D eigenvalue weighted by molar-refractivity contribution is -0.310. The first-order valence-corrected chi connectivity index (χ1v) is 6.92. The van der Waals surface area contributed by atoms with Crippen molar-refractivity contribution in [1.82, 2.24) is 0 Å². The van der Waals surface area contributed by atoms with Gasteiger partial charge in [-0.15, -0.1) is 0 Å². The summed E-state index contributed by atoms with van der Waals surface area (Å²) < 4.78 is 10.4. The van der Waals surface area contributed by atoms with Crippen molar-refractivity contribution >= 4 is 5.97 Å². The molecule has 1 aliphatic heterocycles. The van der Waals surface area contributed by atoms with E-state index in [0.717, 1.165) is 19.3 Å². The van der Waals surface area contributed by atoms with Crippen LogP contribution >= 0.6 is 0 Å². The van der Waals surface area contributed by atoms with Crippen molar-refractivity contribution in [2.75, 3.05) is 6.79 Å². The van der Waals surface area contributed by atoms with Crippen LogP contribution < -0.4 is 14.6 Å². The lowest BCUT2D eigenvalue weighted by atomic mass is 9.90. The van der Waals surface area contributed by atoms with Gasteiger partial charge in [0.2, 0.25) is 6.79 Å². The molecule has 0 radical (unpaired) electrons. The Labute approximate surface area is 118 Å². The Balaban J connectivity index is 2.13. The van der Waals surface area contributed by atoms with Crippen LogP contribution in [0.4, 0.5) is 0 Å². The Morgan fingerprint density at radius 3 is 2.80 bits per heavy atom. The van der Waals surface area contributed by atoms with E-state index in [2.05, 4.69) is 6.92 Å². The molecule has 20 heavy (non-hydrogen) atoms. The Hall–Kier alpha value is -1.75. The van der Waals surface area contributed by atoms with Gasteiger partial charge in [0.15, 0.2) is 11.5 Å². The molecule has 110 valence electrons. The number of rotatable bonds is 7. The molecule has 2 rings (SSSR count). The maximum atomic E-state index is 11.3. The average molecular weight is 279 g/mol. The van der Waals surface area contributed by atoms with Crippen LogP contribution in [-0.4, -0.2) is 24.0 Å². The molecule has 0 saturated carbocycles. The smallest absolute Gasteiger partial charge is 0.231 e. The number of carboxylic acids is 1. The van der Waals surface area contributed by atoms with Crippen LogP contribution in [0, 0.1) is 0 Å². The molecule has 1 aromatic carbocycles. The van der Waals surface area contributed by atoms with Crippen LogP contribution in [0.3, 0.4) is 0 Å². The number of ether oxygens (including phenoxy) is 2. The molecule has 1 aromatic rings. The molecule has 0 bridgehead atoms. The Bertz CT molecular complexity index is 471. The number of hydrogen-bond donors (Lipinski definition) is 1. The molecule has 0 aliphatic carbocycles. The van der Waals surface area contributed by atoms with E-state index in [0.29, 0.717) is 23.5 Å². The van der Waals surface area contributed by atoms with Gasteiger partial charge in [-0.3, -0.25) is 0 Å². The van der Waals surface area contributed by atoms with Gasteiger partial charge in [0.25, 0.3) is 0 Å². The second kappa shape index (κ2) is 6.61. The van der Waals surface area contributed by atoms with Gasteiger partial charge in [-0.25, -0.2) is 0 Å². The minimum absolute atomic E-state index is 0.133. The van der Waals surface area contributed by atoms with Gasteiger partial charge < -0.3 is 24.5 Å². The second-order valence-electron chi connectivity index (χ2n) is 4.97. The zero-order valence-corrected chi connectivity index (χ0v) is 11.5. The third-order valence-electron chi connectivity index (χ3n) is 3.50. The van der Waals surface area contributed by atoms with Gasteiger partial charge in [-0.1, -0.05) is 32.3 Å². The van der Waals surface area contributed by atoms with E-state index < -0.39 is 18.0 Å². The SMILES string of the molecule is CCCCCC(O)C(C(=O)[O-])c1ccc2c(c1)OCO2. The van der Waals surface area contributed by atoms with Crippen molar-refractivity contribution in [2.24, 2.45) is 0 Å². The number of carbonyl (C=O) groups is 1. The van der Waals surface area contributed by atoms with Gasteiger partial charge in [0.1, 0.15) is 0 Å². The van der Waals surface area contributed by atoms with Crippen LogP contribution in [0.1, 0.15) is 44.1 Å². The molecule has 5 nitrogen and oxygen atoms in total. The van der Waals surface area contributed by atoms with Crippen molar-refractivity contribution in [3.63, 3.8) is 0 Å². The van der Waals surface area contributed by atoms with Gasteiger partial charge in [-0.2, -0.15) is 0 Å². The van der Waals surface area contributed by atoms with Gasteiger partial charge in [0.05, 0.1) is 12.1 Å². The number of fused-ring (bicyclic) bond motifs is 1. The maximum absolute atomic E-state index is 11.3. The number of carboxylic acid groups (broad SMARTS) is 1. The summed E-state index contributed by atoms with van der Waals surface area (Å²) >= 11 is 0. The predicted molar refractivity (Wildman–Crippen MR) is 70.5 cm³/mol. The highest BCUT2D eigenvalue weighted by Crippen LogP contribution is 2.35. The maximum Gasteiger partial charge on any atom is 0.231 e. The Kier molecular flexibility index (Phi) is 4.84. The summed E-state index contributed by atoms with van der Waals surface area (Å²) in [6.07, 6.45) is 2.28. The van der Waals surface area contributed by atoms with Crippen LogP contribution in [-0.2, 0) is 4.79 Å². The highest BCUT2D eigenvalue weighted by Gasteiger charge is 2.24. The predicted octanol–water partition coefficient (Wildman–Crippen LogP) is 1.19. The summed E-state index contributed by atoms with van der Waals surface area (Å²) in [6.45, 7) is 2.19. The number of aliphatic hydroxyl groups is 1. The van der Waals surface area contributed by atoms with E-state index in [4.69, 9.17) is 9.47 Å². The molecule has 1 N–H and O–H groups in total. The van der Waals surface area contributed by atoms with Crippen molar-refractivity contribution in [1.29, 1.82) is 0 Å². The van der Waals surface area contributed by atoms with Crippen molar-refractivity contribution in [3.8, 4) is 11.5 Å². The van der Waals surface area contributed by atoms with E-state index >= 15 is 0 Å². The Morgan fingerprint density at radius 2 is 2.10 bits per heavy atom. The summed E-state index contributed by atoms with van der Waals surface area (Å²) in [5.74, 6) is -1.21. The topological polar surface area (TPSA) is 78.8 Å². The molecule has 2 atom stereocenters. The molecule has 1 aliphatic rings. The fourth-order valence-electron chi connectivity index (χ4n) is 2.39. The molecular formula is C15H19O5-. The van der Waals surface area contributed by atoms with Crippen molar-refractivity contribution in [3.05, 3.63) is 23.8 Å². The molecule has 0 saturated heterocycles. The zero-order chi connectivity index (χ0) is 14.5. The van der Waals surface area contributed by atoms with Crippen molar-refractivity contribution < 1.29 is 24.5 Å². The number of carbonyl (C=O) groups excluding carboxylic acids is 1. The number of unbranched alkanes of at least 4 members (excludes halogenated alkanes) is 2. The molecule has 1 heterocycles. The van der Waals surface area contributed by atoms with Gasteiger partial charge in [-0.05, 0) is 24.1 Å². The first-order valence-electron chi connectivity index (χ1n) is 6.92. The van der Waals surface area contributed by atoms with Gasteiger partial charge >= 0.3 is 0 Å². The number of hydrogen-bond acceptors (Lipinski definition) is 5. The highest BCUT2D eigenvalue weighted by molar-refractivity contribution is 5.75. The van der Waals surface area contributed by atoms with E-state index in [1.807, 2.05) is 0 Å². The van der Waals surface area contributed by atoms with E-state index in [1.165, 1.54) is 0 Å². The molecule has 0 spiro atoms. The molecule has 2 unspecified atom stereocenters. The number of aliphatic hydroxyl groups excluding tert-OH is 1. The van der Waals surface area contributed by atoms with Crippen LogP contribution in [0.15, 0.2) is 18.2 Å². The van der Waals surface area contributed by atoms with E-state index in [9.17, 15) is 15.0 Å². The summed E-state index contributed by atoms with van der Waals surface area (Å²) in [5.41, 5.74) is 0.484. The minimum Gasteiger partial charge on any atom is -0.549 e. The quantitative estimate of drug-likeness (QED) is 0.758. The number of aliphatic carboxylic acids is 1. The fourth-order valence-corrected chi connectivity index (χ4v) is 2.39. The summed E-state index contributed by atoms with van der Waals surface area (Å²) in [6, 6.07) is 4.90. The lowest BCUT2D eigenvalue weighted by Gasteiger charge is -2.24. The molecule has 0 aromatic heterocycles. The fraction of sp³-hybridized carbons (Fsp3) is 0.533. The first kappa shape index (κ1) is 14.7. The van der Waals surface area contributed by atoms with Crippen molar-refractivity contribution in [2.45, 2.75) is 44.6 Å². The van der Waals surface area contributed by atoms with Crippen LogP contribution in [0.25, 0.3) is 0 Å². The highest BCUT2D eigenvalue weighted by atomic mass is 16.7. The number of benzene rings is 1. The third-order valence-corrected chi connectivity index (χ3v) is 3.50. The van der Waals surface area contributed by atoms with Gasteiger partial charge in [0, 0.05) is 5.92 Å². The lowest BCUT2D eigenvalue weighted by Crippen LogP contribution is -2.36. The largest absolute Gasteiger partial charge is 0.549 e. The second-order valence-corrected chi connectivity index (χ2v) is 4.97. The standard InChI is InChI=1S/C15H20O5/c1-2-3-4-5-11(16)14(15(17)18)10-6-7-12-13(8-10)20-9-19-12/h6-8,11,14,16H,2-5,9H2,1H3,(H,17,18)/p-1.